The minimum Gasteiger partial charge on any atom is -0.480 e. The highest BCUT2D eigenvalue weighted by molar-refractivity contribution is 6.32. The van der Waals surface area contributed by atoms with Gasteiger partial charge in [0.1, 0.15) is 12.4 Å². The average molecular weight is 362 g/mol. The minimum absolute atomic E-state index is 0.0109. The number of hydrogen-bond acceptors (Lipinski definition) is 6. The molecule has 0 fully saturated rings. The summed E-state index contributed by atoms with van der Waals surface area (Å²) in [6.07, 6.45) is 0. The second-order valence-electron chi connectivity index (χ2n) is 4.73. The summed E-state index contributed by atoms with van der Waals surface area (Å²) in [7, 11) is 0. The molecule has 0 amide bonds. The molecule has 1 aromatic carbocycles. The smallest absolute Gasteiger partial charge is 0.344 e. The average Bonchev–Trinajstić information content (AvgIpc) is 2.56. The molecule has 0 aliphatic carbocycles. The Labute approximate surface area is 148 Å². The fourth-order valence-electron chi connectivity index (χ4n) is 1.81. The lowest BCUT2D eigenvalue weighted by atomic mass is 10.2. The van der Waals surface area contributed by atoms with Crippen LogP contribution in [0.1, 0.15) is 19.4 Å². The van der Waals surface area contributed by atoms with Crippen LogP contribution in [0.2, 0.25) is 5.02 Å². The Hall–Kier alpha value is -1.34. The number of carbonyl (C=O) groups is 1. The molecule has 0 aliphatic heterocycles. The zero-order chi connectivity index (χ0) is 18.4. The molecule has 0 aliphatic rings. The van der Waals surface area contributed by atoms with Gasteiger partial charge in [-0.25, -0.2) is 4.79 Å². The monoisotopic (exact) mass is 361 g/mol. The molecular weight excluding hydrogens is 334 g/mol. The van der Waals surface area contributed by atoms with Gasteiger partial charge in [-0.1, -0.05) is 31.5 Å². The maximum absolute atomic E-state index is 11.6. The molecule has 2 N–H and O–H groups in total. The van der Waals surface area contributed by atoms with Crippen molar-refractivity contribution in [3.05, 3.63) is 28.8 Å². The van der Waals surface area contributed by atoms with Gasteiger partial charge >= 0.3 is 5.97 Å². The van der Waals surface area contributed by atoms with Crippen molar-refractivity contribution in [3.63, 3.8) is 0 Å². The molecule has 1 rings (SSSR count). The van der Waals surface area contributed by atoms with Gasteiger partial charge in [0, 0.05) is 19.6 Å². The maximum Gasteiger partial charge on any atom is 0.344 e. The first-order valence-corrected chi connectivity index (χ1v) is 8.43. The third kappa shape index (κ3) is 9.72. The lowest BCUT2D eigenvalue weighted by Crippen LogP contribution is -2.33. The first kappa shape index (κ1) is 22.7. The Morgan fingerprint density at radius 1 is 1.17 bits per heavy atom. The fraction of sp³-hybridized carbons (Fsp3) is 0.588. The summed E-state index contributed by atoms with van der Waals surface area (Å²) in [5.74, 6) is -0.0593. The van der Waals surface area contributed by atoms with Crippen LogP contribution in [0.3, 0.4) is 0 Å². The highest BCUT2D eigenvalue weighted by Gasteiger charge is 2.09. The molecule has 24 heavy (non-hydrogen) atoms. The largest absolute Gasteiger partial charge is 0.480 e. The van der Waals surface area contributed by atoms with Gasteiger partial charge in [-0.3, -0.25) is 4.90 Å². The van der Waals surface area contributed by atoms with Crippen LogP contribution in [0.4, 0.5) is 0 Å². The van der Waals surface area contributed by atoms with Crippen molar-refractivity contribution in [1.82, 2.24) is 4.90 Å². The number of aliphatic hydroxyl groups is 2. The molecule has 0 saturated heterocycles. The molecule has 0 aromatic heterocycles. The summed E-state index contributed by atoms with van der Waals surface area (Å²) in [5, 5.41) is 18.2. The molecule has 0 atom stereocenters. The number of rotatable bonds is 10. The summed E-state index contributed by atoms with van der Waals surface area (Å²) >= 11 is 6.00. The van der Waals surface area contributed by atoms with Crippen molar-refractivity contribution >= 4 is 17.6 Å². The third-order valence-electron chi connectivity index (χ3n) is 2.94. The summed E-state index contributed by atoms with van der Waals surface area (Å²) in [6.45, 7) is 7.13. The molecule has 7 heteroatoms. The van der Waals surface area contributed by atoms with Gasteiger partial charge in [0.15, 0.2) is 6.61 Å². The Bertz CT molecular complexity index is 464. The number of nitrogens with zero attached hydrogens (tertiary/aromatic N) is 1. The van der Waals surface area contributed by atoms with Crippen molar-refractivity contribution < 1.29 is 24.5 Å². The van der Waals surface area contributed by atoms with E-state index >= 15 is 0 Å². The molecule has 0 spiro atoms. The van der Waals surface area contributed by atoms with Crippen LogP contribution in [-0.2, 0) is 9.53 Å². The Kier molecular flexibility index (Phi) is 13.3. The topological polar surface area (TPSA) is 79.2 Å². The SMILES string of the molecule is CC.Cc1ccc(OCC(=O)OCCN(CCO)CCO)c(Cl)c1. The first-order chi connectivity index (χ1) is 11.6. The van der Waals surface area contributed by atoms with Crippen molar-refractivity contribution in [2.75, 3.05) is 46.1 Å². The van der Waals surface area contributed by atoms with Gasteiger partial charge in [0.25, 0.3) is 0 Å². The summed E-state index contributed by atoms with van der Waals surface area (Å²) in [4.78, 5) is 13.4. The molecule has 6 nitrogen and oxygen atoms in total. The minimum atomic E-state index is -0.496. The van der Waals surface area contributed by atoms with Gasteiger partial charge in [0.05, 0.1) is 18.2 Å². The van der Waals surface area contributed by atoms with E-state index in [0.29, 0.717) is 30.4 Å². The van der Waals surface area contributed by atoms with E-state index in [1.807, 2.05) is 26.8 Å². The molecule has 138 valence electrons. The van der Waals surface area contributed by atoms with E-state index in [4.69, 9.17) is 31.3 Å². The van der Waals surface area contributed by atoms with Crippen LogP contribution < -0.4 is 4.74 Å². The van der Waals surface area contributed by atoms with Gasteiger partial charge < -0.3 is 19.7 Å². The fourth-order valence-corrected chi connectivity index (χ4v) is 2.10. The predicted molar refractivity (Wildman–Crippen MR) is 94.6 cm³/mol. The zero-order valence-electron chi connectivity index (χ0n) is 14.6. The number of aliphatic hydroxyl groups excluding tert-OH is 2. The summed E-state index contributed by atoms with van der Waals surface area (Å²) in [6, 6.07) is 5.30. The van der Waals surface area contributed by atoms with Gasteiger partial charge in [-0.2, -0.15) is 0 Å². The van der Waals surface area contributed by atoms with Crippen LogP contribution in [-0.4, -0.2) is 67.1 Å². The highest BCUT2D eigenvalue weighted by atomic mass is 35.5. The van der Waals surface area contributed by atoms with Crippen molar-refractivity contribution in [1.29, 1.82) is 0 Å². The second kappa shape index (κ2) is 14.0. The number of benzene rings is 1. The molecule has 0 radical (unpaired) electrons. The molecule has 0 saturated carbocycles. The number of ether oxygens (including phenoxy) is 2. The highest BCUT2D eigenvalue weighted by Crippen LogP contribution is 2.24. The number of halogens is 1. The van der Waals surface area contributed by atoms with E-state index in [0.717, 1.165) is 5.56 Å². The van der Waals surface area contributed by atoms with Crippen LogP contribution in [0, 0.1) is 6.92 Å². The third-order valence-corrected chi connectivity index (χ3v) is 3.23. The van der Waals surface area contributed by atoms with E-state index in [2.05, 4.69) is 0 Å². The van der Waals surface area contributed by atoms with Gasteiger partial charge in [0.2, 0.25) is 0 Å². The Balaban J connectivity index is 0.00000254. The lowest BCUT2D eigenvalue weighted by Gasteiger charge is -2.19. The molecule has 0 heterocycles. The van der Waals surface area contributed by atoms with Crippen LogP contribution >= 0.6 is 11.6 Å². The van der Waals surface area contributed by atoms with Crippen molar-refractivity contribution in [2.45, 2.75) is 20.8 Å². The van der Waals surface area contributed by atoms with E-state index in [1.165, 1.54) is 0 Å². The Morgan fingerprint density at radius 3 is 2.33 bits per heavy atom. The molecule has 0 unspecified atom stereocenters. The van der Waals surface area contributed by atoms with Gasteiger partial charge in [-0.05, 0) is 24.6 Å². The summed E-state index contributed by atoms with van der Waals surface area (Å²) in [5.41, 5.74) is 1.01. The van der Waals surface area contributed by atoms with E-state index in [9.17, 15) is 4.79 Å². The van der Waals surface area contributed by atoms with Crippen LogP contribution in [0.15, 0.2) is 18.2 Å². The first-order valence-electron chi connectivity index (χ1n) is 8.05. The van der Waals surface area contributed by atoms with E-state index < -0.39 is 5.97 Å². The van der Waals surface area contributed by atoms with E-state index in [1.54, 1.807) is 17.0 Å². The number of aryl methyl sites for hydroxylation is 1. The number of esters is 1. The number of hydrogen-bond donors (Lipinski definition) is 2. The lowest BCUT2D eigenvalue weighted by molar-refractivity contribution is -0.146. The van der Waals surface area contributed by atoms with Crippen LogP contribution in [0.25, 0.3) is 0 Å². The normalized spacial score (nSPS) is 10.1. The zero-order valence-corrected chi connectivity index (χ0v) is 15.4. The van der Waals surface area contributed by atoms with Crippen molar-refractivity contribution in [3.8, 4) is 5.75 Å². The molecule has 0 bridgehead atoms. The predicted octanol–water partition coefficient (Wildman–Crippen LogP) is 1.88. The Morgan fingerprint density at radius 2 is 1.79 bits per heavy atom. The van der Waals surface area contributed by atoms with Gasteiger partial charge in [-0.15, -0.1) is 0 Å². The summed E-state index contributed by atoms with van der Waals surface area (Å²) < 4.78 is 10.3. The van der Waals surface area contributed by atoms with E-state index in [-0.39, 0.29) is 26.4 Å². The second-order valence-corrected chi connectivity index (χ2v) is 5.14. The number of carbonyl (C=O) groups excluding carboxylic acids is 1. The van der Waals surface area contributed by atoms with Crippen molar-refractivity contribution in [2.24, 2.45) is 0 Å². The van der Waals surface area contributed by atoms with Crippen LogP contribution in [0.5, 0.6) is 5.75 Å². The maximum atomic E-state index is 11.6. The standard InChI is InChI=1S/C15H22ClNO5.C2H6/c1-12-2-3-14(13(16)10-12)22-11-15(20)21-9-6-17(4-7-18)5-8-19;1-2/h2-3,10,18-19H,4-9,11H2,1H3;1-2H3. The quantitative estimate of drug-likeness (QED) is 0.619. The molecular formula is C17H28ClNO5. The molecule has 1 aromatic rings.